The van der Waals surface area contributed by atoms with Crippen molar-refractivity contribution in [2.24, 2.45) is 0 Å². The van der Waals surface area contributed by atoms with Gasteiger partial charge in [0.1, 0.15) is 0 Å². The highest BCUT2D eigenvalue weighted by molar-refractivity contribution is 7.71. The first kappa shape index (κ1) is 12.1. The molecule has 0 aliphatic heterocycles. The molecule has 4 heteroatoms. The number of aromatic nitrogens is 3. The first-order valence-corrected chi connectivity index (χ1v) is 6.68. The molecule has 96 valence electrons. The van der Waals surface area contributed by atoms with Crippen LogP contribution in [0.3, 0.4) is 0 Å². The number of imidazole rings is 1. The van der Waals surface area contributed by atoms with Crippen LogP contribution in [0.2, 0.25) is 0 Å². The zero-order valence-corrected chi connectivity index (χ0v) is 11.7. The minimum atomic E-state index is 0.187. The van der Waals surface area contributed by atoms with E-state index in [-0.39, 0.29) is 6.04 Å². The average molecular weight is 269 g/mol. The zero-order chi connectivity index (χ0) is 13.4. The lowest BCUT2D eigenvalue weighted by molar-refractivity contribution is 0.648. The van der Waals surface area contributed by atoms with Crippen LogP contribution in [0.25, 0.3) is 11.0 Å². The number of rotatable bonds is 2. The Morgan fingerprint density at radius 3 is 2.68 bits per heavy atom. The number of aryl methyl sites for hydroxylation is 1. The number of hydrogen-bond donors (Lipinski definition) is 1. The van der Waals surface area contributed by atoms with E-state index < -0.39 is 0 Å². The Kier molecular flexibility index (Phi) is 2.95. The van der Waals surface area contributed by atoms with E-state index in [4.69, 9.17) is 12.2 Å². The minimum Gasteiger partial charge on any atom is -0.331 e. The van der Waals surface area contributed by atoms with Crippen molar-refractivity contribution in [2.75, 3.05) is 0 Å². The summed E-state index contributed by atoms with van der Waals surface area (Å²) >= 11 is 5.46. The first-order chi connectivity index (χ1) is 9.16. The van der Waals surface area contributed by atoms with Gasteiger partial charge in [0, 0.05) is 12.4 Å². The lowest BCUT2D eigenvalue weighted by Crippen LogP contribution is -2.06. The van der Waals surface area contributed by atoms with Gasteiger partial charge in [-0.2, -0.15) is 0 Å². The van der Waals surface area contributed by atoms with Crippen LogP contribution >= 0.6 is 12.2 Å². The molecule has 1 aromatic carbocycles. The number of nitrogens with one attached hydrogen (secondary N) is 1. The van der Waals surface area contributed by atoms with Crippen LogP contribution in [0.5, 0.6) is 0 Å². The molecule has 0 bridgehead atoms. The van der Waals surface area contributed by atoms with Gasteiger partial charge >= 0.3 is 0 Å². The van der Waals surface area contributed by atoms with Gasteiger partial charge in [0.05, 0.1) is 17.1 Å². The summed E-state index contributed by atoms with van der Waals surface area (Å²) in [7, 11) is 0. The van der Waals surface area contributed by atoms with E-state index in [0.29, 0.717) is 0 Å². The molecule has 3 rings (SSSR count). The van der Waals surface area contributed by atoms with Crippen molar-refractivity contribution in [3.63, 3.8) is 0 Å². The lowest BCUT2D eigenvalue weighted by atomic mass is 10.1. The fourth-order valence-electron chi connectivity index (χ4n) is 2.42. The number of benzene rings is 1. The predicted molar refractivity (Wildman–Crippen MR) is 79.9 cm³/mol. The maximum absolute atomic E-state index is 5.46. The Labute approximate surface area is 116 Å². The summed E-state index contributed by atoms with van der Waals surface area (Å²) in [5.74, 6) is 0. The van der Waals surface area contributed by atoms with Gasteiger partial charge in [-0.15, -0.1) is 0 Å². The van der Waals surface area contributed by atoms with Crippen LogP contribution in [0, 0.1) is 11.7 Å². The van der Waals surface area contributed by atoms with Crippen LogP contribution < -0.4 is 0 Å². The zero-order valence-electron chi connectivity index (χ0n) is 10.9. The van der Waals surface area contributed by atoms with E-state index >= 15 is 0 Å². The Morgan fingerprint density at radius 2 is 1.95 bits per heavy atom. The largest absolute Gasteiger partial charge is 0.331 e. The summed E-state index contributed by atoms with van der Waals surface area (Å²) < 4.78 is 2.91. The second-order valence-electron chi connectivity index (χ2n) is 4.78. The molecular weight excluding hydrogens is 254 g/mol. The number of H-pyrrole nitrogens is 1. The smallest absolute Gasteiger partial charge is 0.178 e. The first-order valence-electron chi connectivity index (χ1n) is 6.27. The standard InChI is InChI=1S/C15H15N3S/c1-10-3-4-14-13(9-10)17-15(19)18(14)11(2)12-5-7-16-8-6-12/h3-9,11H,1-2H3,(H,17,19). The number of pyridine rings is 1. The van der Waals surface area contributed by atoms with Gasteiger partial charge in [-0.1, -0.05) is 6.07 Å². The average Bonchev–Trinajstić information content (AvgIpc) is 2.74. The molecule has 0 radical (unpaired) electrons. The van der Waals surface area contributed by atoms with Crippen molar-refractivity contribution in [1.29, 1.82) is 0 Å². The molecule has 0 saturated heterocycles. The highest BCUT2D eigenvalue weighted by Crippen LogP contribution is 2.24. The highest BCUT2D eigenvalue weighted by atomic mass is 32.1. The van der Waals surface area contributed by atoms with Crippen molar-refractivity contribution in [1.82, 2.24) is 14.5 Å². The molecule has 1 unspecified atom stereocenters. The number of nitrogens with zero attached hydrogens (tertiary/aromatic N) is 2. The Morgan fingerprint density at radius 1 is 1.21 bits per heavy atom. The molecule has 1 atom stereocenters. The molecule has 0 spiro atoms. The molecule has 0 aliphatic rings. The second kappa shape index (κ2) is 4.63. The molecule has 0 fully saturated rings. The molecule has 0 aliphatic carbocycles. The van der Waals surface area contributed by atoms with Crippen LogP contribution in [0.4, 0.5) is 0 Å². The summed E-state index contributed by atoms with van der Waals surface area (Å²) in [6.07, 6.45) is 3.63. The molecule has 2 aromatic heterocycles. The Hall–Kier alpha value is -1.94. The Balaban J connectivity index is 2.20. The highest BCUT2D eigenvalue weighted by Gasteiger charge is 2.12. The molecule has 1 N–H and O–H groups in total. The predicted octanol–water partition coefficient (Wildman–Crippen LogP) is 4.01. The van der Waals surface area contributed by atoms with Crippen molar-refractivity contribution >= 4 is 23.3 Å². The van der Waals surface area contributed by atoms with Crippen LogP contribution in [-0.2, 0) is 0 Å². The number of hydrogen-bond acceptors (Lipinski definition) is 2. The van der Waals surface area contributed by atoms with Crippen molar-refractivity contribution < 1.29 is 0 Å². The fourth-order valence-corrected chi connectivity index (χ4v) is 2.79. The molecule has 3 nitrogen and oxygen atoms in total. The van der Waals surface area contributed by atoms with E-state index in [1.54, 1.807) is 0 Å². The van der Waals surface area contributed by atoms with Gasteiger partial charge in [0.25, 0.3) is 0 Å². The maximum atomic E-state index is 5.46. The monoisotopic (exact) mass is 269 g/mol. The summed E-state index contributed by atoms with van der Waals surface area (Å²) in [6.45, 7) is 4.23. The van der Waals surface area contributed by atoms with E-state index in [0.717, 1.165) is 15.8 Å². The molecule has 0 saturated carbocycles. The van der Waals surface area contributed by atoms with Gasteiger partial charge < -0.3 is 9.55 Å². The quantitative estimate of drug-likeness (QED) is 0.713. The van der Waals surface area contributed by atoms with Crippen molar-refractivity contribution in [3.05, 3.63) is 58.6 Å². The van der Waals surface area contributed by atoms with E-state index in [2.05, 4.69) is 46.6 Å². The lowest BCUT2D eigenvalue weighted by Gasteiger charge is -2.14. The van der Waals surface area contributed by atoms with Crippen LogP contribution in [-0.4, -0.2) is 14.5 Å². The summed E-state index contributed by atoms with van der Waals surface area (Å²) in [5.41, 5.74) is 4.66. The second-order valence-corrected chi connectivity index (χ2v) is 5.16. The van der Waals surface area contributed by atoms with Gasteiger partial charge in [-0.3, -0.25) is 4.98 Å². The third-order valence-electron chi connectivity index (χ3n) is 3.45. The molecular formula is C15H15N3S. The van der Waals surface area contributed by atoms with Gasteiger partial charge in [-0.05, 0) is 61.5 Å². The summed E-state index contributed by atoms with van der Waals surface area (Å²) in [5, 5.41) is 0. The van der Waals surface area contributed by atoms with Gasteiger partial charge in [0.2, 0.25) is 0 Å². The Bertz CT molecular complexity index is 771. The molecule has 19 heavy (non-hydrogen) atoms. The van der Waals surface area contributed by atoms with E-state index in [1.165, 1.54) is 11.1 Å². The topological polar surface area (TPSA) is 33.6 Å². The van der Waals surface area contributed by atoms with Gasteiger partial charge in [0.15, 0.2) is 4.77 Å². The molecule has 3 aromatic rings. The summed E-state index contributed by atoms with van der Waals surface area (Å²) in [6, 6.07) is 10.6. The van der Waals surface area contributed by atoms with E-state index in [9.17, 15) is 0 Å². The number of fused-ring (bicyclic) bond motifs is 1. The van der Waals surface area contributed by atoms with Crippen LogP contribution in [0.1, 0.15) is 24.1 Å². The fraction of sp³-hybridized carbons (Fsp3) is 0.200. The molecule has 2 heterocycles. The van der Waals surface area contributed by atoms with Crippen molar-refractivity contribution in [2.45, 2.75) is 19.9 Å². The third kappa shape index (κ3) is 2.08. The van der Waals surface area contributed by atoms with Gasteiger partial charge in [-0.25, -0.2) is 0 Å². The van der Waals surface area contributed by atoms with Crippen molar-refractivity contribution in [3.8, 4) is 0 Å². The SMILES string of the molecule is Cc1ccc2c(c1)[nH]c(=S)n2C(C)c1ccncc1. The normalized spacial score (nSPS) is 12.7. The third-order valence-corrected chi connectivity index (χ3v) is 3.75. The van der Waals surface area contributed by atoms with E-state index in [1.807, 2.05) is 24.5 Å². The molecule has 0 amide bonds. The van der Waals surface area contributed by atoms with Crippen LogP contribution in [0.15, 0.2) is 42.7 Å². The number of aromatic amines is 1. The maximum Gasteiger partial charge on any atom is 0.178 e. The minimum absolute atomic E-state index is 0.187. The summed E-state index contributed by atoms with van der Waals surface area (Å²) in [4.78, 5) is 7.34.